The lowest BCUT2D eigenvalue weighted by atomic mass is 9.73. The van der Waals surface area contributed by atoms with E-state index in [1.807, 2.05) is 24.3 Å². The van der Waals surface area contributed by atoms with E-state index in [9.17, 15) is 24.8 Å². The van der Waals surface area contributed by atoms with Gasteiger partial charge < -0.3 is 19.9 Å². The average Bonchev–Trinajstić information content (AvgIpc) is 2.78. The number of nitro benzene ring substituents is 1. The number of carbonyl (C=O) groups is 2. The fourth-order valence-electron chi connectivity index (χ4n) is 4.47. The predicted molar refractivity (Wildman–Crippen MR) is 114 cm³/mol. The number of hydrogen-bond donors (Lipinski definition) is 2. The molecule has 4 rings (SSSR count). The Morgan fingerprint density at radius 1 is 1.03 bits per heavy atom. The molecule has 0 saturated carbocycles. The van der Waals surface area contributed by atoms with Crippen molar-refractivity contribution in [3.63, 3.8) is 0 Å². The Morgan fingerprint density at radius 3 is 2.38 bits per heavy atom. The van der Waals surface area contributed by atoms with E-state index in [1.165, 1.54) is 19.2 Å². The van der Waals surface area contributed by atoms with Crippen molar-refractivity contribution in [2.75, 3.05) is 14.2 Å². The fraction of sp³-hybridized carbons (Fsp3) is 0.304. The zero-order chi connectivity index (χ0) is 23.0. The fourth-order valence-corrected chi connectivity index (χ4v) is 4.47. The van der Waals surface area contributed by atoms with Crippen LogP contribution < -0.4 is 14.8 Å². The first kappa shape index (κ1) is 21.4. The van der Waals surface area contributed by atoms with E-state index in [1.54, 1.807) is 7.11 Å². The lowest BCUT2D eigenvalue weighted by Crippen LogP contribution is -2.38. The number of amides is 1. The first-order valence-electron chi connectivity index (χ1n) is 10.1. The van der Waals surface area contributed by atoms with Crippen LogP contribution in [0.2, 0.25) is 0 Å². The van der Waals surface area contributed by atoms with E-state index >= 15 is 0 Å². The Labute approximate surface area is 183 Å². The van der Waals surface area contributed by atoms with Crippen molar-refractivity contribution in [2.45, 2.75) is 31.1 Å². The van der Waals surface area contributed by atoms with Crippen molar-refractivity contribution in [3.8, 4) is 17.2 Å². The monoisotopic (exact) mass is 438 g/mol. The summed E-state index contributed by atoms with van der Waals surface area (Å²) in [5.41, 5.74) is 1.80. The van der Waals surface area contributed by atoms with Gasteiger partial charge in [0, 0.05) is 36.1 Å². The van der Waals surface area contributed by atoms with Gasteiger partial charge in [-0.3, -0.25) is 19.7 Å². The molecule has 1 amide bonds. The molecular formula is C23H22N2O7. The van der Waals surface area contributed by atoms with E-state index in [0.29, 0.717) is 29.0 Å². The standard InChI is InChI=1S/C23H22N2O7/c1-31-15-5-3-12(4-6-15)13-7-17-22(19(26)9-13)16(11-21(27)24-17)14-8-18(25(29)30)23(28)20(10-14)32-2/h3-6,8,10,13,16,28H,7,9,11H2,1-2H3,(H,24,27)/t13-,16+/m1/s1. The molecule has 0 aromatic heterocycles. The average molecular weight is 438 g/mol. The molecule has 1 heterocycles. The molecule has 32 heavy (non-hydrogen) atoms. The number of nitrogens with one attached hydrogen (secondary N) is 1. The number of rotatable bonds is 5. The van der Waals surface area contributed by atoms with Gasteiger partial charge in [-0.15, -0.1) is 0 Å². The van der Waals surface area contributed by atoms with Crippen molar-refractivity contribution in [3.05, 3.63) is 68.9 Å². The quantitative estimate of drug-likeness (QED) is 0.541. The summed E-state index contributed by atoms with van der Waals surface area (Å²) in [7, 11) is 2.86. The molecule has 0 spiro atoms. The number of methoxy groups -OCH3 is 2. The maximum atomic E-state index is 13.2. The number of Topliss-reactive ketones (excluding diaryl/α,β-unsaturated/α-hetero) is 1. The number of allylic oxidation sites excluding steroid dienone is 2. The highest BCUT2D eigenvalue weighted by atomic mass is 16.6. The summed E-state index contributed by atoms with van der Waals surface area (Å²) in [6.07, 6.45) is 0.699. The summed E-state index contributed by atoms with van der Waals surface area (Å²) in [5.74, 6) is -1.11. The Kier molecular flexibility index (Phi) is 5.56. The Bertz CT molecular complexity index is 1140. The number of carbonyl (C=O) groups excluding carboxylic acids is 2. The van der Waals surface area contributed by atoms with Gasteiger partial charge in [0.1, 0.15) is 5.75 Å². The number of nitrogens with zero attached hydrogens (tertiary/aromatic N) is 1. The number of benzene rings is 2. The summed E-state index contributed by atoms with van der Waals surface area (Å²) in [6, 6.07) is 10.1. The normalized spacial score (nSPS) is 20.4. The van der Waals surface area contributed by atoms with Gasteiger partial charge in [0.15, 0.2) is 11.5 Å². The molecule has 0 fully saturated rings. The maximum absolute atomic E-state index is 13.2. The highest BCUT2D eigenvalue weighted by Crippen LogP contribution is 2.46. The number of ether oxygens (including phenoxy) is 2. The SMILES string of the molecule is COc1ccc([C@H]2CC(=O)C3=C(C2)NC(=O)C[C@H]3c2cc(OC)c(O)c([N+](=O)[O-])c2)cc1. The van der Waals surface area contributed by atoms with Gasteiger partial charge in [0.25, 0.3) is 0 Å². The number of phenols is 1. The van der Waals surface area contributed by atoms with Crippen LogP contribution in [0.25, 0.3) is 0 Å². The smallest absolute Gasteiger partial charge is 0.314 e. The second-order valence-electron chi connectivity index (χ2n) is 7.85. The second-order valence-corrected chi connectivity index (χ2v) is 7.85. The molecule has 2 atom stereocenters. The largest absolute Gasteiger partial charge is 0.500 e. The van der Waals surface area contributed by atoms with Crippen LogP contribution in [0.1, 0.15) is 42.2 Å². The zero-order valence-corrected chi connectivity index (χ0v) is 17.6. The molecule has 2 aromatic rings. The van der Waals surface area contributed by atoms with Gasteiger partial charge in [0.05, 0.1) is 19.1 Å². The summed E-state index contributed by atoms with van der Waals surface area (Å²) in [5, 5.41) is 24.3. The molecule has 1 aliphatic carbocycles. The molecule has 9 heteroatoms. The molecule has 1 aliphatic heterocycles. The molecule has 0 saturated heterocycles. The van der Waals surface area contributed by atoms with Crippen LogP contribution in [0, 0.1) is 10.1 Å². The zero-order valence-electron chi connectivity index (χ0n) is 17.6. The minimum absolute atomic E-state index is 0.0249. The maximum Gasteiger partial charge on any atom is 0.314 e. The van der Waals surface area contributed by atoms with Crippen molar-refractivity contribution < 1.29 is 29.1 Å². The van der Waals surface area contributed by atoms with Crippen LogP contribution in [-0.2, 0) is 9.59 Å². The predicted octanol–water partition coefficient (Wildman–Crippen LogP) is 3.32. The van der Waals surface area contributed by atoms with Crippen molar-refractivity contribution >= 4 is 17.4 Å². The summed E-state index contributed by atoms with van der Waals surface area (Å²) in [4.78, 5) is 36.4. The molecule has 2 aromatic carbocycles. The van der Waals surface area contributed by atoms with Gasteiger partial charge in [-0.25, -0.2) is 0 Å². The lowest BCUT2D eigenvalue weighted by Gasteiger charge is -2.34. The molecule has 9 nitrogen and oxygen atoms in total. The molecule has 2 aliphatic rings. The van der Waals surface area contributed by atoms with E-state index in [4.69, 9.17) is 9.47 Å². The number of hydrogen-bond acceptors (Lipinski definition) is 7. The molecule has 2 N–H and O–H groups in total. The highest BCUT2D eigenvalue weighted by Gasteiger charge is 2.39. The third-order valence-corrected chi connectivity index (χ3v) is 6.02. The molecule has 0 bridgehead atoms. The van der Waals surface area contributed by atoms with Crippen molar-refractivity contribution in [1.29, 1.82) is 0 Å². The second kappa shape index (κ2) is 8.33. The Balaban J connectivity index is 1.74. The minimum Gasteiger partial charge on any atom is -0.500 e. The van der Waals surface area contributed by atoms with Crippen LogP contribution in [-0.4, -0.2) is 35.9 Å². The van der Waals surface area contributed by atoms with Crippen molar-refractivity contribution in [1.82, 2.24) is 5.32 Å². The topological polar surface area (TPSA) is 128 Å². The van der Waals surface area contributed by atoms with Gasteiger partial charge in [0.2, 0.25) is 11.7 Å². The third-order valence-electron chi connectivity index (χ3n) is 6.02. The first-order chi connectivity index (χ1) is 15.3. The molecule has 166 valence electrons. The van der Waals surface area contributed by atoms with Crippen LogP contribution in [0.5, 0.6) is 17.2 Å². The highest BCUT2D eigenvalue weighted by molar-refractivity contribution is 6.02. The van der Waals surface area contributed by atoms with E-state index in [2.05, 4.69) is 5.32 Å². The number of phenolic OH excluding ortho intramolecular Hbond substituents is 1. The molecular weight excluding hydrogens is 416 g/mol. The van der Waals surface area contributed by atoms with Gasteiger partial charge >= 0.3 is 5.69 Å². The minimum atomic E-state index is -0.720. The van der Waals surface area contributed by atoms with Gasteiger partial charge in [-0.1, -0.05) is 12.1 Å². The summed E-state index contributed by atoms with van der Waals surface area (Å²) in [6.45, 7) is 0. The number of ketones is 1. The van der Waals surface area contributed by atoms with Gasteiger partial charge in [-0.05, 0) is 41.7 Å². The van der Waals surface area contributed by atoms with Crippen LogP contribution in [0.3, 0.4) is 0 Å². The van der Waals surface area contributed by atoms with E-state index in [-0.39, 0.29) is 36.2 Å². The number of aromatic hydroxyl groups is 1. The third kappa shape index (κ3) is 3.77. The first-order valence-corrected chi connectivity index (χ1v) is 10.1. The van der Waals surface area contributed by atoms with E-state index < -0.39 is 22.3 Å². The summed E-state index contributed by atoms with van der Waals surface area (Å²) >= 11 is 0. The van der Waals surface area contributed by atoms with Crippen molar-refractivity contribution in [2.24, 2.45) is 0 Å². The van der Waals surface area contributed by atoms with E-state index in [0.717, 1.165) is 5.56 Å². The summed E-state index contributed by atoms with van der Waals surface area (Å²) < 4.78 is 10.3. The molecule has 0 radical (unpaired) electrons. The Morgan fingerprint density at radius 2 is 1.75 bits per heavy atom. The van der Waals surface area contributed by atoms with Crippen LogP contribution in [0.4, 0.5) is 5.69 Å². The number of nitro groups is 1. The lowest BCUT2D eigenvalue weighted by molar-refractivity contribution is -0.386. The van der Waals surface area contributed by atoms with Crippen LogP contribution >= 0.6 is 0 Å². The Hall–Kier alpha value is -3.88. The molecule has 0 unspecified atom stereocenters. The van der Waals surface area contributed by atoms with Crippen LogP contribution in [0.15, 0.2) is 47.7 Å². The van der Waals surface area contributed by atoms with Gasteiger partial charge in [-0.2, -0.15) is 0 Å².